The van der Waals surface area contributed by atoms with Crippen LogP contribution in [0.2, 0.25) is 0 Å². The maximum atomic E-state index is 12.7. The van der Waals surface area contributed by atoms with Crippen LogP contribution in [-0.2, 0) is 10.0 Å². The topological polar surface area (TPSA) is 78.5 Å². The van der Waals surface area contributed by atoms with E-state index in [0.717, 1.165) is 0 Å². The zero-order chi connectivity index (χ0) is 15.6. The van der Waals surface area contributed by atoms with Crippen molar-refractivity contribution >= 4 is 28.3 Å². The van der Waals surface area contributed by atoms with Gasteiger partial charge < -0.3 is 10.6 Å². The zero-order valence-electron chi connectivity index (χ0n) is 12.9. The maximum absolute atomic E-state index is 12.7. The average Bonchev–Trinajstić information content (AvgIpc) is 2.49. The Hall–Kier alpha value is -1.15. The number of halogens is 1. The van der Waals surface area contributed by atoms with Crippen molar-refractivity contribution < 1.29 is 13.2 Å². The van der Waals surface area contributed by atoms with Crippen LogP contribution in [-0.4, -0.2) is 50.9 Å². The smallest absolute Gasteiger partial charge is 0.251 e. The van der Waals surface area contributed by atoms with Crippen LogP contribution < -0.4 is 10.6 Å². The standard InChI is InChI=1S/C14H21N3O3S.ClH/c1-10-9-17(11(2)8-16-10)21(19,20)13-6-4-12(5-7-13)14(18)15-3;/h4-7,10-11,16H,8-9H2,1-3H3,(H,15,18);1H. The van der Waals surface area contributed by atoms with Gasteiger partial charge in [0.05, 0.1) is 4.90 Å². The Balaban J connectivity index is 0.00000242. The minimum atomic E-state index is -3.53. The lowest BCUT2D eigenvalue weighted by Gasteiger charge is -2.36. The molecular formula is C14H22ClN3O3S. The molecule has 1 amide bonds. The number of rotatable bonds is 3. The van der Waals surface area contributed by atoms with Crippen LogP contribution in [0.1, 0.15) is 24.2 Å². The van der Waals surface area contributed by atoms with Crippen molar-refractivity contribution in [3.05, 3.63) is 29.8 Å². The molecule has 1 fully saturated rings. The van der Waals surface area contributed by atoms with E-state index in [-0.39, 0.29) is 35.3 Å². The van der Waals surface area contributed by atoms with Crippen LogP contribution in [0.4, 0.5) is 0 Å². The Morgan fingerprint density at radius 1 is 1.27 bits per heavy atom. The second-order valence-electron chi connectivity index (χ2n) is 5.34. The van der Waals surface area contributed by atoms with Gasteiger partial charge in [-0.25, -0.2) is 8.42 Å². The van der Waals surface area contributed by atoms with Gasteiger partial charge >= 0.3 is 0 Å². The maximum Gasteiger partial charge on any atom is 0.251 e. The van der Waals surface area contributed by atoms with Crippen LogP contribution in [0.15, 0.2) is 29.2 Å². The molecular weight excluding hydrogens is 326 g/mol. The number of nitrogens with one attached hydrogen (secondary N) is 2. The third-order valence-electron chi connectivity index (χ3n) is 3.66. The molecule has 8 heteroatoms. The van der Waals surface area contributed by atoms with Crippen LogP contribution >= 0.6 is 12.4 Å². The van der Waals surface area contributed by atoms with Crippen molar-refractivity contribution in [1.29, 1.82) is 0 Å². The molecule has 0 bridgehead atoms. The van der Waals surface area contributed by atoms with E-state index >= 15 is 0 Å². The summed E-state index contributed by atoms with van der Waals surface area (Å²) in [6, 6.07) is 6.06. The molecule has 124 valence electrons. The largest absolute Gasteiger partial charge is 0.355 e. The highest BCUT2D eigenvalue weighted by Gasteiger charge is 2.33. The highest BCUT2D eigenvalue weighted by molar-refractivity contribution is 7.89. The summed E-state index contributed by atoms with van der Waals surface area (Å²) in [4.78, 5) is 11.7. The molecule has 1 aliphatic rings. The molecule has 2 rings (SSSR count). The van der Waals surface area contributed by atoms with Gasteiger partial charge in [-0.15, -0.1) is 12.4 Å². The number of hydrogen-bond acceptors (Lipinski definition) is 4. The molecule has 2 N–H and O–H groups in total. The van der Waals surface area contributed by atoms with Crippen molar-refractivity contribution in [2.24, 2.45) is 0 Å². The predicted octanol–water partition coefficient (Wildman–Crippen LogP) is 0.839. The van der Waals surface area contributed by atoms with Crippen molar-refractivity contribution in [3.8, 4) is 0 Å². The Bertz CT molecular complexity index is 619. The van der Waals surface area contributed by atoms with Gasteiger partial charge in [-0.05, 0) is 38.1 Å². The van der Waals surface area contributed by atoms with E-state index in [2.05, 4.69) is 10.6 Å². The predicted molar refractivity (Wildman–Crippen MR) is 87.9 cm³/mol. The summed E-state index contributed by atoms with van der Waals surface area (Å²) in [6.45, 7) is 4.93. The highest BCUT2D eigenvalue weighted by atomic mass is 35.5. The summed E-state index contributed by atoms with van der Waals surface area (Å²) in [6.07, 6.45) is 0. The summed E-state index contributed by atoms with van der Waals surface area (Å²) in [5.41, 5.74) is 0.443. The summed E-state index contributed by atoms with van der Waals surface area (Å²) >= 11 is 0. The lowest BCUT2D eigenvalue weighted by atomic mass is 10.2. The first-order valence-corrected chi connectivity index (χ1v) is 8.37. The molecule has 1 aromatic carbocycles. The third-order valence-corrected chi connectivity index (χ3v) is 5.65. The lowest BCUT2D eigenvalue weighted by Crippen LogP contribution is -2.56. The number of hydrogen-bond donors (Lipinski definition) is 2. The molecule has 1 saturated heterocycles. The molecule has 0 radical (unpaired) electrons. The lowest BCUT2D eigenvalue weighted by molar-refractivity contribution is 0.0963. The fraction of sp³-hybridized carbons (Fsp3) is 0.500. The van der Waals surface area contributed by atoms with E-state index in [9.17, 15) is 13.2 Å². The van der Waals surface area contributed by atoms with Gasteiger partial charge in [0.1, 0.15) is 0 Å². The quantitative estimate of drug-likeness (QED) is 0.849. The van der Waals surface area contributed by atoms with Crippen molar-refractivity contribution in [3.63, 3.8) is 0 Å². The normalized spacial score (nSPS) is 22.7. The van der Waals surface area contributed by atoms with Gasteiger partial charge in [-0.2, -0.15) is 4.31 Å². The SMILES string of the molecule is CNC(=O)c1ccc(S(=O)(=O)N2CC(C)NCC2C)cc1.Cl. The highest BCUT2D eigenvalue weighted by Crippen LogP contribution is 2.21. The molecule has 1 heterocycles. The van der Waals surface area contributed by atoms with E-state index < -0.39 is 10.0 Å². The van der Waals surface area contributed by atoms with Crippen LogP contribution in [0.3, 0.4) is 0 Å². The first-order chi connectivity index (χ1) is 9.86. The van der Waals surface area contributed by atoms with E-state index in [1.165, 1.54) is 35.6 Å². The Kier molecular flexibility index (Phi) is 6.37. The molecule has 22 heavy (non-hydrogen) atoms. The number of benzene rings is 1. The van der Waals surface area contributed by atoms with Crippen molar-refractivity contribution in [2.45, 2.75) is 30.8 Å². The zero-order valence-corrected chi connectivity index (χ0v) is 14.5. The van der Waals surface area contributed by atoms with Gasteiger partial charge in [0.2, 0.25) is 10.0 Å². The molecule has 1 aromatic rings. The molecule has 2 unspecified atom stereocenters. The number of amides is 1. The van der Waals surface area contributed by atoms with Crippen LogP contribution in [0.25, 0.3) is 0 Å². The van der Waals surface area contributed by atoms with Crippen molar-refractivity contribution in [2.75, 3.05) is 20.1 Å². The van der Waals surface area contributed by atoms with Gasteiger partial charge in [0.25, 0.3) is 5.91 Å². The second kappa shape index (κ2) is 7.41. The monoisotopic (exact) mass is 347 g/mol. The van der Waals surface area contributed by atoms with E-state index in [1.54, 1.807) is 0 Å². The fourth-order valence-electron chi connectivity index (χ4n) is 2.38. The first kappa shape index (κ1) is 18.9. The number of nitrogens with zero attached hydrogens (tertiary/aromatic N) is 1. The molecule has 0 saturated carbocycles. The minimum Gasteiger partial charge on any atom is -0.355 e. The Labute approximate surface area is 137 Å². The van der Waals surface area contributed by atoms with Crippen LogP contribution in [0.5, 0.6) is 0 Å². The Morgan fingerprint density at radius 3 is 2.41 bits per heavy atom. The number of carbonyl (C=O) groups is 1. The van der Waals surface area contributed by atoms with Gasteiger partial charge in [0.15, 0.2) is 0 Å². The summed E-state index contributed by atoms with van der Waals surface area (Å²) < 4.78 is 26.9. The van der Waals surface area contributed by atoms with Gasteiger partial charge in [0, 0.05) is 37.8 Å². The fourth-order valence-corrected chi connectivity index (χ4v) is 4.10. The molecule has 0 aliphatic carbocycles. The number of sulfonamides is 1. The van der Waals surface area contributed by atoms with Gasteiger partial charge in [-0.3, -0.25) is 4.79 Å². The van der Waals surface area contributed by atoms with E-state index in [0.29, 0.717) is 18.7 Å². The summed E-state index contributed by atoms with van der Waals surface area (Å²) in [7, 11) is -1.99. The second-order valence-corrected chi connectivity index (χ2v) is 7.23. The number of carbonyl (C=O) groups excluding carboxylic acids is 1. The molecule has 6 nitrogen and oxygen atoms in total. The van der Waals surface area contributed by atoms with Crippen LogP contribution in [0, 0.1) is 0 Å². The van der Waals surface area contributed by atoms with Crippen molar-refractivity contribution in [1.82, 2.24) is 14.9 Å². The minimum absolute atomic E-state index is 0. The third kappa shape index (κ3) is 3.78. The molecule has 2 atom stereocenters. The first-order valence-electron chi connectivity index (χ1n) is 6.93. The van der Waals surface area contributed by atoms with E-state index in [4.69, 9.17) is 0 Å². The molecule has 0 aromatic heterocycles. The van der Waals surface area contributed by atoms with Gasteiger partial charge in [-0.1, -0.05) is 0 Å². The summed E-state index contributed by atoms with van der Waals surface area (Å²) in [5, 5.41) is 5.77. The molecule has 1 aliphatic heterocycles. The number of piperazine rings is 1. The summed E-state index contributed by atoms with van der Waals surface area (Å²) in [5.74, 6) is -0.233. The Morgan fingerprint density at radius 2 is 1.86 bits per heavy atom. The van der Waals surface area contributed by atoms with E-state index in [1.807, 2.05) is 13.8 Å². The average molecular weight is 348 g/mol. The molecule has 0 spiro atoms.